The van der Waals surface area contributed by atoms with Gasteiger partial charge in [0.15, 0.2) is 0 Å². The number of benzene rings is 1. The van der Waals surface area contributed by atoms with E-state index in [0.717, 1.165) is 25.2 Å². The predicted molar refractivity (Wildman–Crippen MR) is 82.6 cm³/mol. The fraction of sp³-hybridized carbons (Fsp3) is 0.438. The zero-order chi connectivity index (χ0) is 14.1. The molecule has 1 aromatic heterocycles. The number of nitrogens with zero attached hydrogens (tertiary/aromatic N) is 3. The number of rotatable bonds is 2. The Kier molecular flexibility index (Phi) is 3.70. The molecule has 0 radical (unpaired) electrons. The van der Waals surface area contributed by atoms with Crippen molar-refractivity contribution in [3.8, 4) is 0 Å². The molecule has 106 valence electrons. The number of likely N-dealkylation sites (N-methyl/N-ethyl adjacent to an activating group) is 2. The summed E-state index contributed by atoms with van der Waals surface area (Å²) in [6.07, 6.45) is 1.83. The maximum Gasteiger partial charge on any atom is 0.0705 e. The molecule has 2 aromatic rings. The second kappa shape index (κ2) is 5.48. The number of piperazine rings is 1. The second-order valence-electron chi connectivity index (χ2n) is 5.75. The molecule has 20 heavy (non-hydrogen) atoms. The number of hydrogen-bond acceptors (Lipinski definition) is 4. The topological polar surface area (TPSA) is 45.4 Å². The Bertz CT molecular complexity index is 593. The molecule has 0 spiro atoms. The summed E-state index contributed by atoms with van der Waals surface area (Å²) in [5.41, 5.74) is 8.81. The lowest BCUT2D eigenvalue weighted by molar-refractivity contribution is 0.0977. The van der Waals surface area contributed by atoms with Gasteiger partial charge in [-0.25, -0.2) is 0 Å². The van der Waals surface area contributed by atoms with Crippen LogP contribution in [0.4, 0.5) is 0 Å². The van der Waals surface area contributed by atoms with Crippen molar-refractivity contribution in [1.82, 2.24) is 14.8 Å². The number of aromatic nitrogens is 1. The van der Waals surface area contributed by atoms with Gasteiger partial charge >= 0.3 is 0 Å². The first-order chi connectivity index (χ1) is 9.66. The van der Waals surface area contributed by atoms with Crippen LogP contribution in [0.2, 0.25) is 0 Å². The van der Waals surface area contributed by atoms with E-state index < -0.39 is 0 Å². The predicted octanol–water partition coefficient (Wildman–Crippen LogP) is 1.48. The average molecular weight is 270 g/mol. The third-order valence-electron chi connectivity index (χ3n) is 4.35. The SMILES string of the molecule is CN1CCN(C)C(C(N)c2cccc3ncccc23)C1. The molecule has 1 aromatic carbocycles. The Morgan fingerprint density at radius 1 is 1.20 bits per heavy atom. The van der Waals surface area contributed by atoms with E-state index in [1.54, 1.807) is 0 Å². The minimum Gasteiger partial charge on any atom is -0.323 e. The lowest BCUT2D eigenvalue weighted by Crippen LogP contribution is -2.54. The third-order valence-corrected chi connectivity index (χ3v) is 4.35. The van der Waals surface area contributed by atoms with Gasteiger partial charge in [0.1, 0.15) is 0 Å². The molecule has 4 nitrogen and oxygen atoms in total. The molecule has 1 fully saturated rings. The van der Waals surface area contributed by atoms with Crippen LogP contribution in [0.5, 0.6) is 0 Å². The zero-order valence-corrected chi connectivity index (χ0v) is 12.2. The van der Waals surface area contributed by atoms with Crippen LogP contribution in [0.25, 0.3) is 10.9 Å². The first kappa shape index (κ1) is 13.5. The lowest BCUT2D eigenvalue weighted by atomic mass is 9.94. The highest BCUT2D eigenvalue weighted by Gasteiger charge is 2.29. The smallest absolute Gasteiger partial charge is 0.0705 e. The molecule has 1 saturated heterocycles. The summed E-state index contributed by atoms with van der Waals surface area (Å²) in [5, 5.41) is 1.17. The van der Waals surface area contributed by atoms with Gasteiger partial charge in [-0.1, -0.05) is 18.2 Å². The van der Waals surface area contributed by atoms with E-state index in [0.29, 0.717) is 6.04 Å². The van der Waals surface area contributed by atoms with E-state index in [1.165, 1.54) is 10.9 Å². The van der Waals surface area contributed by atoms with Gasteiger partial charge in [0.2, 0.25) is 0 Å². The summed E-state index contributed by atoms with van der Waals surface area (Å²) in [7, 11) is 4.33. The minimum absolute atomic E-state index is 0.00986. The van der Waals surface area contributed by atoms with Crippen molar-refractivity contribution < 1.29 is 0 Å². The molecular formula is C16H22N4. The second-order valence-corrected chi connectivity index (χ2v) is 5.75. The Hall–Kier alpha value is -1.49. The van der Waals surface area contributed by atoms with Crippen molar-refractivity contribution in [2.75, 3.05) is 33.7 Å². The van der Waals surface area contributed by atoms with Crippen LogP contribution in [-0.4, -0.2) is 54.6 Å². The maximum absolute atomic E-state index is 6.59. The number of fused-ring (bicyclic) bond motifs is 1. The Labute approximate surface area is 120 Å². The summed E-state index contributed by atoms with van der Waals surface area (Å²) in [4.78, 5) is 9.15. The molecule has 2 N–H and O–H groups in total. The van der Waals surface area contributed by atoms with Crippen LogP contribution >= 0.6 is 0 Å². The molecule has 1 aliphatic heterocycles. The minimum atomic E-state index is 0.00986. The number of hydrogen-bond donors (Lipinski definition) is 1. The summed E-state index contributed by atoms with van der Waals surface area (Å²) >= 11 is 0. The third kappa shape index (κ3) is 2.42. The highest BCUT2D eigenvalue weighted by Crippen LogP contribution is 2.26. The lowest BCUT2D eigenvalue weighted by Gasteiger charge is -2.41. The summed E-state index contributed by atoms with van der Waals surface area (Å²) < 4.78 is 0. The van der Waals surface area contributed by atoms with Crippen LogP contribution in [0.15, 0.2) is 36.5 Å². The van der Waals surface area contributed by atoms with Crippen molar-refractivity contribution in [2.45, 2.75) is 12.1 Å². The average Bonchev–Trinajstić information content (AvgIpc) is 2.48. The van der Waals surface area contributed by atoms with Crippen molar-refractivity contribution in [3.63, 3.8) is 0 Å². The molecule has 1 aliphatic rings. The van der Waals surface area contributed by atoms with E-state index >= 15 is 0 Å². The van der Waals surface area contributed by atoms with Crippen molar-refractivity contribution >= 4 is 10.9 Å². The molecule has 0 amide bonds. The van der Waals surface area contributed by atoms with Crippen LogP contribution in [0.3, 0.4) is 0 Å². The molecule has 0 aliphatic carbocycles. The Balaban J connectivity index is 1.97. The fourth-order valence-electron chi connectivity index (χ4n) is 3.06. The number of pyridine rings is 1. The molecule has 4 heteroatoms. The van der Waals surface area contributed by atoms with Gasteiger partial charge in [0.05, 0.1) is 5.52 Å². The van der Waals surface area contributed by atoms with Crippen molar-refractivity contribution in [2.24, 2.45) is 5.73 Å². The van der Waals surface area contributed by atoms with Gasteiger partial charge in [-0.05, 0) is 31.8 Å². The van der Waals surface area contributed by atoms with E-state index in [9.17, 15) is 0 Å². The van der Waals surface area contributed by atoms with Crippen LogP contribution in [0, 0.1) is 0 Å². The highest BCUT2D eigenvalue weighted by atomic mass is 15.3. The monoisotopic (exact) mass is 270 g/mol. The van der Waals surface area contributed by atoms with Gasteiger partial charge in [-0.15, -0.1) is 0 Å². The van der Waals surface area contributed by atoms with Crippen molar-refractivity contribution in [1.29, 1.82) is 0 Å². The Morgan fingerprint density at radius 2 is 2.05 bits per heavy atom. The standard InChI is InChI=1S/C16H22N4/c1-19-9-10-20(2)15(11-19)16(17)13-5-3-7-14-12(13)6-4-8-18-14/h3-8,15-16H,9-11,17H2,1-2H3. The zero-order valence-electron chi connectivity index (χ0n) is 12.2. The molecule has 3 rings (SSSR count). The molecule has 2 heterocycles. The van der Waals surface area contributed by atoms with E-state index in [2.05, 4.69) is 47.1 Å². The maximum atomic E-state index is 6.59. The van der Waals surface area contributed by atoms with Crippen LogP contribution in [-0.2, 0) is 0 Å². The van der Waals surface area contributed by atoms with Gasteiger partial charge in [-0.3, -0.25) is 9.88 Å². The summed E-state index contributed by atoms with van der Waals surface area (Å²) in [5.74, 6) is 0. The number of nitrogens with two attached hydrogens (primary N) is 1. The Morgan fingerprint density at radius 3 is 2.90 bits per heavy atom. The molecule has 0 bridgehead atoms. The molecule has 2 atom stereocenters. The largest absolute Gasteiger partial charge is 0.323 e. The highest BCUT2D eigenvalue weighted by molar-refractivity contribution is 5.82. The fourth-order valence-corrected chi connectivity index (χ4v) is 3.06. The van der Waals surface area contributed by atoms with Gasteiger partial charge < -0.3 is 10.6 Å². The molecular weight excluding hydrogens is 248 g/mol. The molecule has 0 saturated carbocycles. The van der Waals surface area contributed by atoms with E-state index in [4.69, 9.17) is 5.73 Å². The molecule has 2 unspecified atom stereocenters. The summed E-state index contributed by atoms with van der Waals surface area (Å²) in [6.45, 7) is 3.18. The van der Waals surface area contributed by atoms with Crippen LogP contribution in [0.1, 0.15) is 11.6 Å². The van der Waals surface area contributed by atoms with Crippen molar-refractivity contribution in [3.05, 3.63) is 42.1 Å². The van der Waals surface area contributed by atoms with E-state index in [1.807, 2.05) is 18.3 Å². The van der Waals surface area contributed by atoms with Gasteiger partial charge in [0, 0.05) is 43.3 Å². The first-order valence-electron chi connectivity index (χ1n) is 7.15. The first-order valence-corrected chi connectivity index (χ1v) is 7.15. The van der Waals surface area contributed by atoms with E-state index in [-0.39, 0.29) is 6.04 Å². The normalized spacial score (nSPS) is 23.1. The quantitative estimate of drug-likeness (QED) is 0.898. The summed E-state index contributed by atoms with van der Waals surface area (Å²) in [6, 6.07) is 10.7. The van der Waals surface area contributed by atoms with Crippen LogP contribution < -0.4 is 5.73 Å². The van der Waals surface area contributed by atoms with Gasteiger partial charge in [-0.2, -0.15) is 0 Å². The van der Waals surface area contributed by atoms with Gasteiger partial charge in [0.25, 0.3) is 0 Å².